The first-order valence-electron chi connectivity index (χ1n) is 14.0. The maximum atomic E-state index is 14.0. The van der Waals surface area contributed by atoms with Gasteiger partial charge in [-0.1, -0.05) is 77.5 Å². The molecule has 9 nitrogen and oxygen atoms in total. The van der Waals surface area contributed by atoms with Gasteiger partial charge in [0.25, 0.3) is 17.7 Å². The van der Waals surface area contributed by atoms with Crippen molar-refractivity contribution in [3.63, 3.8) is 0 Å². The van der Waals surface area contributed by atoms with Crippen LogP contribution in [-0.4, -0.2) is 52.1 Å². The van der Waals surface area contributed by atoms with E-state index < -0.39 is 23.9 Å². The van der Waals surface area contributed by atoms with E-state index in [1.54, 1.807) is 29.3 Å². The van der Waals surface area contributed by atoms with Crippen molar-refractivity contribution in [2.24, 2.45) is 21.4 Å². The van der Waals surface area contributed by atoms with Gasteiger partial charge >= 0.3 is 0 Å². The Bertz CT molecular complexity index is 1640. The van der Waals surface area contributed by atoms with E-state index in [1.807, 2.05) is 48.5 Å². The Labute approximate surface area is 247 Å². The lowest BCUT2D eigenvalue weighted by atomic mass is 9.77. The molecule has 10 heteroatoms. The number of halogens is 1. The van der Waals surface area contributed by atoms with E-state index >= 15 is 0 Å². The van der Waals surface area contributed by atoms with Crippen molar-refractivity contribution in [2.45, 2.75) is 37.4 Å². The molecule has 0 aromatic heterocycles. The highest BCUT2D eigenvalue weighted by atomic mass is 35.5. The highest BCUT2D eigenvalue weighted by Crippen LogP contribution is 2.44. The van der Waals surface area contributed by atoms with E-state index in [-0.39, 0.29) is 24.4 Å². The molecule has 1 saturated carbocycles. The molecular formula is C32H27ClN6O3. The summed E-state index contributed by atoms with van der Waals surface area (Å²) in [4.78, 5) is 41.7. The number of benzene rings is 3. The third kappa shape index (κ3) is 4.50. The minimum atomic E-state index is -1.00. The number of hydrogen-bond acceptors (Lipinski definition) is 7. The Morgan fingerprint density at radius 1 is 0.905 bits per heavy atom. The minimum Gasteiger partial charge on any atom is -0.271 e. The van der Waals surface area contributed by atoms with Gasteiger partial charge in [-0.2, -0.15) is 10.2 Å². The van der Waals surface area contributed by atoms with E-state index in [0.29, 0.717) is 10.7 Å². The van der Waals surface area contributed by atoms with Crippen LogP contribution in [0.2, 0.25) is 5.02 Å². The molecule has 4 atom stereocenters. The van der Waals surface area contributed by atoms with E-state index in [0.717, 1.165) is 46.6 Å². The molecule has 3 aromatic rings. The number of anilines is 1. The molecule has 42 heavy (non-hydrogen) atoms. The third-order valence-corrected chi connectivity index (χ3v) is 8.53. The second-order valence-corrected chi connectivity index (χ2v) is 11.3. The zero-order chi connectivity index (χ0) is 28.8. The maximum Gasteiger partial charge on any atom is 0.264 e. The number of rotatable bonds is 5. The maximum absolute atomic E-state index is 14.0. The average Bonchev–Trinajstić information content (AvgIpc) is 3.68. The molecule has 0 N–H and O–H groups in total. The Kier molecular flexibility index (Phi) is 6.66. The van der Waals surface area contributed by atoms with Crippen LogP contribution in [0, 0.1) is 5.92 Å². The molecule has 3 aromatic carbocycles. The number of fused-ring (bicyclic) bond motifs is 2. The summed E-state index contributed by atoms with van der Waals surface area (Å²) in [5, 5.41) is 16.5. The third-order valence-electron chi connectivity index (χ3n) is 8.28. The largest absolute Gasteiger partial charge is 0.271 e. The lowest BCUT2D eigenvalue weighted by molar-refractivity contribution is -0.136. The fourth-order valence-electron chi connectivity index (χ4n) is 6.35. The normalized spacial score (nSPS) is 25.7. The molecule has 1 aliphatic carbocycles. The highest BCUT2D eigenvalue weighted by Gasteiger charge is 2.55. The molecule has 3 amide bonds. The van der Waals surface area contributed by atoms with Gasteiger partial charge in [0.15, 0.2) is 12.1 Å². The molecule has 0 unspecified atom stereocenters. The molecule has 0 bridgehead atoms. The second-order valence-electron chi connectivity index (χ2n) is 10.8. The smallest absolute Gasteiger partial charge is 0.264 e. The van der Waals surface area contributed by atoms with Crippen molar-refractivity contribution in [3.8, 4) is 0 Å². The lowest BCUT2D eigenvalue weighted by Gasteiger charge is -2.30. The Morgan fingerprint density at radius 3 is 2.36 bits per heavy atom. The summed E-state index contributed by atoms with van der Waals surface area (Å²) < 4.78 is 0. The summed E-state index contributed by atoms with van der Waals surface area (Å²) in [6.45, 7) is -0.233. The van der Waals surface area contributed by atoms with Crippen molar-refractivity contribution in [1.29, 1.82) is 0 Å². The first kappa shape index (κ1) is 26.3. The van der Waals surface area contributed by atoms with Crippen molar-refractivity contribution in [1.82, 2.24) is 10.0 Å². The van der Waals surface area contributed by atoms with Crippen LogP contribution >= 0.6 is 11.6 Å². The van der Waals surface area contributed by atoms with Gasteiger partial charge in [0.1, 0.15) is 6.54 Å². The summed E-state index contributed by atoms with van der Waals surface area (Å²) in [5.74, 6) is -1.21. The van der Waals surface area contributed by atoms with E-state index in [1.165, 1.54) is 5.01 Å². The molecule has 0 spiro atoms. The van der Waals surface area contributed by atoms with Gasteiger partial charge in [0, 0.05) is 10.9 Å². The van der Waals surface area contributed by atoms with Gasteiger partial charge in [-0.25, -0.2) is 9.91 Å². The Morgan fingerprint density at radius 2 is 1.62 bits per heavy atom. The predicted octanol–water partition coefficient (Wildman–Crippen LogP) is 5.46. The zero-order valence-corrected chi connectivity index (χ0v) is 23.3. The molecule has 3 aliphatic heterocycles. The number of hydrazone groups is 1. The summed E-state index contributed by atoms with van der Waals surface area (Å²) >= 11 is 5.99. The van der Waals surface area contributed by atoms with Gasteiger partial charge in [0.05, 0.1) is 17.4 Å². The SMILES string of the molecule is O=C1[C@@H]2N=NN(CC(=O)N3N=C4/C(=C/c5ccccc5)CCC[C@@H]4[C@H]3c3ccccc3)[C@H]2C(=O)N1c1ccc(Cl)cc1. The number of imide groups is 1. The van der Waals surface area contributed by atoms with Crippen LogP contribution in [0.3, 0.4) is 0 Å². The second kappa shape index (κ2) is 10.6. The predicted molar refractivity (Wildman–Crippen MR) is 158 cm³/mol. The summed E-state index contributed by atoms with van der Waals surface area (Å²) in [7, 11) is 0. The van der Waals surface area contributed by atoms with Crippen LogP contribution in [0.15, 0.2) is 106 Å². The van der Waals surface area contributed by atoms with E-state index in [4.69, 9.17) is 16.7 Å². The Balaban J connectivity index is 1.18. The number of carbonyl (C=O) groups is 3. The van der Waals surface area contributed by atoms with Gasteiger partial charge in [0.2, 0.25) is 0 Å². The summed E-state index contributed by atoms with van der Waals surface area (Å²) in [6.07, 6.45) is 4.95. The van der Waals surface area contributed by atoms with Crippen LogP contribution in [0.25, 0.3) is 6.08 Å². The molecule has 3 heterocycles. The average molecular weight is 579 g/mol. The van der Waals surface area contributed by atoms with Crippen LogP contribution in [0.5, 0.6) is 0 Å². The summed E-state index contributed by atoms with van der Waals surface area (Å²) in [6, 6.07) is 24.2. The molecule has 1 saturated heterocycles. The quantitative estimate of drug-likeness (QED) is 0.376. The number of allylic oxidation sites excluding steroid dienone is 1. The van der Waals surface area contributed by atoms with Gasteiger partial charge in [-0.15, -0.1) is 0 Å². The van der Waals surface area contributed by atoms with Gasteiger partial charge in [-0.05, 0) is 66.3 Å². The first-order chi connectivity index (χ1) is 20.5. The van der Waals surface area contributed by atoms with Crippen LogP contribution < -0.4 is 4.90 Å². The van der Waals surface area contributed by atoms with Crippen molar-refractivity contribution >= 4 is 46.8 Å². The lowest BCUT2D eigenvalue weighted by Crippen LogP contribution is -2.45. The zero-order valence-electron chi connectivity index (χ0n) is 22.6. The topological polar surface area (TPSA) is 98.0 Å². The molecule has 4 aliphatic rings. The van der Waals surface area contributed by atoms with Crippen molar-refractivity contribution in [2.75, 3.05) is 11.4 Å². The summed E-state index contributed by atoms with van der Waals surface area (Å²) in [5.41, 5.74) is 4.55. The molecule has 2 fully saturated rings. The van der Waals surface area contributed by atoms with E-state index in [9.17, 15) is 14.4 Å². The van der Waals surface area contributed by atoms with Crippen molar-refractivity contribution in [3.05, 3.63) is 107 Å². The van der Waals surface area contributed by atoms with Crippen LogP contribution in [-0.2, 0) is 14.4 Å². The molecular weight excluding hydrogens is 552 g/mol. The fraction of sp³-hybridized carbons (Fsp3) is 0.250. The standard InChI is InChI=1S/C32H27ClN6O3/c33-23-14-16-24(17-15-23)38-31(41)28-30(32(38)42)37(36-34-28)19-26(40)39-29(21-10-5-2-6-11-21)25-13-7-12-22(27(25)35-39)18-20-8-3-1-4-9-20/h1-6,8-11,14-18,25,28-30H,7,12-13,19H2/b22-18+/t25-,28+,29+,30+/m0/s1. The highest BCUT2D eigenvalue weighted by molar-refractivity contribution is 6.31. The van der Waals surface area contributed by atoms with E-state index in [2.05, 4.69) is 28.5 Å². The van der Waals surface area contributed by atoms with Crippen LogP contribution in [0.4, 0.5) is 5.69 Å². The fourth-order valence-corrected chi connectivity index (χ4v) is 6.48. The molecule has 210 valence electrons. The number of amides is 3. The van der Waals surface area contributed by atoms with Gasteiger partial charge in [-0.3, -0.25) is 19.4 Å². The monoisotopic (exact) mass is 578 g/mol. The Hall–Kier alpha value is -4.63. The van der Waals surface area contributed by atoms with Crippen molar-refractivity contribution < 1.29 is 14.4 Å². The number of nitrogens with zero attached hydrogens (tertiary/aromatic N) is 6. The minimum absolute atomic E-state index is 0.0445. The molecule has 7 rings (SSSR count). The van der Waals surface area contributed by atoms with Gasteiger partial charge < -0.3 is 0 Å². The number of hydrogen-bond donors (Lipinski definition) is 0. The van der Waals surface area contributed by atoms with Crippen LogP contribution in [0.1, 0.15) is 36.4 Å². The molecule has 0 radical (unpaired) electrons. The number of carbonyl (C=O) groups excluding carboxylic acids is 3. The first-order valence-corrected chi connectivity index (χ1v) is 14.4.